The van der Waals surface area contributed by atoms with Crippen molar-refractivity contribution in [3.63, 3.8) is 0 Å². The van der Waals surface area contributed by atoms with Gasteiger partial charge in [-0.25, -0.2) is 0 Å². The number of likely N-dealkylation sites (tertiary alicyclic amines) is 1. The predicted molar refractivity (Wildman–Crippen MR) is 99.2 cm³/mol. The number of carbonyl (C=O) groups excluding carboxylic acids is 1. The van der Waals surface area contributed by atoms with Crippen LogP contribution in [-0.4, -0.2) is 41.6 Å². The minimum Gasteiger partial charge on any atom is -0.337 e. The number of nitrogens with zero attached hydrogens (tertiary/aromatic N) is 2. The molecule has 2 heterocycles. The van der Waals surface area contributed by atoms with E-state index in [0.717, 1.165) is 24.9 Å². The van der Waals surface area contributed by atoms with Gasteiger partial charge in [-0.2, -0.15) is 0 Å². The molecule has 0 spiro atoms. The predicted octanol–water partition coefficient (Wildman–Crippen LogP) is 2.37. The normalized spacial score (nSPS) is 17.5. The van der Waals surface area contributed by atoms with Crippen molar-refractivity contribution in [1.82, 2.24) is 14.8 Å². The Kier molecular flexibility index (Phi) is 5.56. The zero-order valence-corrected chi connectivity index (χ0v) is 15.0. The number of piperidine rings is 1. The van der Waals surface area contributed by atoms with E-state index in [1.54, 1.807) is 18.3 Å². The molecule has 1 N–H and O–H groups in total. The van der Waals surface area contributed by atoms with Crippen molar-refractivity contribution in [2.24, 2.45) is 0 Å². The molecule has 6 heteroatoms. The summed E-state index contributed by atoms with van der Waals surface area (Å²) in [6, 6.07) is 10.8. The Morgan fingerprint density at radius 3 is 2.84 bits per heavy atom. The molecule has 5 nitrogen and oxygen atoms in total. The van der Waals surface area contributed by atoms with E-state index < -0.39 is 0 Å². The molecular weight excluding hydrogens is 338 g/mol. The molecule has 1 atom stereocenters. The smallest absolute Gasteiger partial charge is 0.255 e. The van der Waals surface area contributed by atoms with Crippen LogP contribution in [0.15, 0.2) is 47.4 Å². The second kappa shape index (κ2) is 7.85. The summed E-state index contributed by atoms with van der Waals surface area (Å²) in [5.74, 6) is -0.0344. The highest BCUT2D eigenvalue weighted by Gasteiger charge is 2.23. The van der Waals surface area contributed by atoms with E-state index in [-0.39, 0.29) is 11.5 Å². The number of pyridine rings is 1. The van der Waals surface area contributed by atoms with Crippen LogP contribution in [0.25, 0.3) is 0 Å². The first-order valence-corrected chi connectivity index (χ1v) is 8.86. The molecule has 1 unspecified atom stereocenters. The third-order valence-electron chi connectivity index (χ3n) is 4.65. The number of rotatable bonds is 4. The minimum atomic E-state index is -0.150. The topological polar surface area (TPSA) is 54.3 Å². The monoisotopic (exact) mass is 359 g/mol. The molecule has 1 aliphatic heterocycles. The van der Waals surface area contributed by atoms with Gasteiger partial charge in [-0.15, -0.1) is 0 Å². The first-order valence-electron chi connectivity index (χ1n) is 8.49. The van der Waals surface area contributed by atoms with Crippen LogP contribution in [0, 0.1) is 0 Å². The third-order valence-corrected chi connectivity index (χ3v) is 5.01. The summed E-state index contributed by atoms with van der Waals surface area (Å²) in [5.41, 5.74) is 1.23. The first kappa shape index (κ1) is 17.7. The number of halogens is 1. The van der Waals surface area contributed by atoms with Crippen LogP contribution in [0.3, 0.4) is 0 Å². The van der Waals surface area contributed by atoms with Gasteiger partial charge in [-0.3, -0.25) is 9.59 Å². The highest BCUT2D eigenvalue weighted by molar-refractivity contribution is 6.31. The highest BCUT2D eigenvalue weighted by Crippen LogP contribution is 2.17. The lowest BCUT2D eigenvalue weighted by atomic mass is 10.1. The van der Waals surface area contributed by atoms with Crippen LogP contribution in [0.1, 0.15) is 28.8 Å². The van der Waals surface area contributed by atoms with Gasteiger partial charge in [0.15, 0.2) is 0 Å². The van der Waals surface area contributed by atoms with Crippen LogP contribution in [0.4, 0.5) is 0 Å². The van der Waals surface area contributed by atoms with Gasteiger partial charge < -0.3 is 14.8 Å². The molecule has 2 aromatic rings. The number of nitrogens with one attached hydrogen (secondary N) is 1. The Morgan fingerprint density at radius 1 is 1.28 bits per heavy atom. The van der Waals surface area contributed by atoms with Crippen molar-refractivity contribution >= 4 is 17.5 Å². The number of benzene rings is 1. The van der Waals surface area contributed by atoms with Crippen molar-refractivity contribution in [1.29, 1.82) is 0 Å². The summed E-state index contributed by atoms with van der Waals surface area (Å²) in [6.45, 7) is 1.79. The lowest BCUT2D eigenvalue weighted by molar-refractivity contribution is 0.0697. The van der Waals surface area contributed by atoms with E-state index in [4.69, 9.17) is 11.6 Å². The molecule has 132 valence electrons. The largest absolute Gasteiger partial charge is 0.337 e. The summed E-state index contributed by atoms with van der Waals surface area (Å²) in [4.78, 5) is 26.8. The van der Waals surface area contributed by atoms with Crippen molar-refractivity contribution < 1.29 is 4.79 Å². The number of amides is 1. The summed E-state index contributed by atoms with van der Waals surface area (Å²) in [5, 5.41) is 3.85. The molecule has 0 bridgehead atoms. The van der Waals surface area contributed by atoms with Gasteiger partial charge >= 0.3 is 0 Å². The molecule has 1 aromatic carbocycles. The van der Waals surface area contributed by atoms with Crippen molar-refractivity contribution in [3.8, 4) is 0 Å². The average Bonchev–Trinajstić information content (AvgIpc) is 2.64. The SMILES string of the molecule is CNC1CCCN(C(=O)c2ccc(=O)n(Cc3ccccc3Cl)c2)C1. The third kappa shape index (κ3) is 4.11. The van der Waals surface area contributed by atoms with Gasteiger partial charge in [0.2, 0.25) is 0 Å². The molecule has 25 heavy (non-hydrogen) atoms. The quantitative estimate of drug-likeness (QED) is 0.911. The highest BCUT2D eigenvalue weighted by atomic mass is 35.5. The Labute approximate surface area is 152 Å². The maximum atomic E-state index is 12.8. The molecule has 0 radical (unpaired) electrons. The molecular formula is C19H22ClN3O2. The Balaban J connectivity index is 1.82. The Bertz CT molecular complexity index is 818. The number of hydrogen-bond acceptors (Lipinski definition) is 3. The lowest BCUT2D eigenvalue weighted by Crippen LogP contribution is -2.47. The van der Waals surface area contributed by atoms with E-state index in [9.17, 15) is 9.59 Å². The standard InChI is InChI=1S/C19H22ClN3O2/c1-21-16-6-4-10-22(13-16)19(25)15-8-9-18(24)23(12-15)11-14-5-2-3-7-17(14)20/h2-3,5,7-9,12,16,21H,4,6,10-11,13H2,1H3. The fourth-order valence-electron chi connectivity index (χ4n) is 3.17. The van der Waals surface area contributed by atoms with E-state index in [2.05, 4.69) is 5.32 Å². The maximum absolute atomic E-state index is 12.8. The van der Waals surface area contributed by atoms with E-state index in [1.807, 2.05) is 30.1 Å². The van der Waals surface area contributed by atoms with E-state index in [0.29, 0.717) is 29.7 Å². The van der Waals surface area contributed by atoms with Crippen LogP contribution in [-0.2, 0) is 6.54 Å². The van der Waals surface area contributed by atoms with Gasteiger partial charge in [0.1, 0.15) is 0 Å². The van der Waals surface area contributed by atoms with Crippen molar-refractivity contribution in [2.75, 3.05) is 20.1 Å². The molecule has 3 rings (SSSR count). The zero-order valence-electron chi connectivity index (χ0n) is 14.2. The summed E-state index contributed by atoms with van der Waals surface area (Å²) >= 11 is 6.19. The van der Waals surface area contributed by atoms with E-state index >= 15 is 0 Å². The number of hydrogen-bond donors (Lipinski definition) is 1. The second-order valence-electron chi connectivity index (χ2n) is 6.35. The first-order chi connectivity index (χ1) is 12.1. The van der Waals surface area contributed by atoms with Crippen LogP contribution in [0.5, 0.6) is 0 Å². The Morgan fingerprint density at radius 2 is 2.08 bits per heavy atom. The summed E-state index contributed by atoms with van der Waals surface area (Å²) in [7, 11) is 1.92. The Hall–Kier alpha value is -2.11. The summed E-state index contributed by atoms with van der Waals surface area (Å²) < 4.78 is 1.54. The van der Waals surface area contributed by atoms with Crippen molar-refractivity contribution in [2.45, 2.75) is 25.4 Å². The van der Waals surface area contributed by atoms with Gasteiger partial charge in [-0.1, -0.05) is 29.8 Å². The summed E-state index contributed by atoms with van der Waals surface area (Å²) in [6.07, 6.45) is 3.69. The van der Waals surface area contributed by atoms with Crippen molar-refractivity contribution in [3.05, 3.63) is 69.1 Å². The maximum Gasteiger partial charge on any atom is 0.255 e. The van der Waals surface area contributed by atoms with E-state index in [1.165, 1.54) is 10.6 Å². The molecule has 1 amide bonds. The van der Waals surface area contributed by atoms with Gasteiger partial charge in [0, 0.05) is 36.4 Å². The van der Waals surface area contributed by atoms with Gasteiger partial charge in [-0.05, 0) is 37.6 Å². The molecule has 1 fully saturated rings. The fourth-order valence-corrected chi connectivity index (χ4v) is 3.37. The minimum absolute atomic E-state index is 0.0344. The van der Waals surface area contributed by atoms with Crippen LogP contribution in [0.2, 0.25) is 5.02 Å². The van der Waals surface area contributed by atoms with Gasteiger partial charge in [0.05, 0.1) is 12.1 Å². The lowest BCUT2D eigenvalue weighted by Gasteiger charge is -2.32. The molecule has 0 aliphatic carbocycles. The average molecular weight is 360 g/mol. The number of aromatic nitrogens is 1. The number of carbonyl (C=O) groups is 1. The number of likely N-dealkylation sites (N-methyl/N-ethyl adjacent to an activating group) is 1. The van der Waals surface area contributed by atoms with Crippen LogP contribution < -0.4 is 10.9 Å². The molecule has 1 aliphatic rings. The molecule has 1 aromatic heterocycles. The fraction of sp³-hybridized carbons (Fsp3) is 0.368. The van der Waals surface area contributed by atoms with Gasteiger partial charge in [0.25, 0.3) is 11.5 Å². The zero-order chi connectivity index (χ0) is 17.8. The second-order valence-corrected chi connectivity index (χ2v) is 6.76. The molecule has 1 saturated heterocycles. The van der Waals surface area contributed by atoms with Crippen LogP contribution >= 0.6 is 11.6 Å². The molecule has 0 saturated carbocycles.